The second-order valence-electron chi connectivity index (χ2n) is 11.1. The van der Waals surface area contributed by atoms with E-state index >= 15 is 0 Å². The van der Waals surface area contributed by atoms with Crippen molar-refractivity contribution in [1.29, 1.82) is 0 Å². The summed E-state index contributed by atoms with van der Waals surface area (Å²) in [4.78, 5) is 42.1. The molecule has 5 rings (SSSR count). The zero-order valence-electron chi connectivity index (χ0n) is 23.4. The minimum Gasteiger partial charge on any atom is -0.481 e. The second-order valence-corrected chi connectivity index (χ2v) is 11.1. The minimum atomic E-state index is -1.02. The average molecular weight is 556 g/mol. The maximum absolute atomic E-state index is 13.6. The highest BCUT2D eigenvalue weighted by Crippen LogP contribution is 2.44. The Bertz CT molecular complexity index is 1330. The molecule has 1 aliphatic heterocycles. The highest BCUT2D eigenvalue weighted by atomic mass is 16.5. The topological polar surface area (TPSA) is 99.2 Å². The van der Waals surface area contributed by atoms with Crippen LogP contribution in [0.5, 0.6) is 0 Å². The molecule has 1 aliphatic carbocycles. The quantitative estimate of drug-likeness (QED) is 0.396. The summed E-state index contributed by atoms with van der Waals surface area (Å²) in [5.74, 6) is -1.17. The van der Waals surface area contributed by atoms with Crippen LogP contribution in [0.25, 0.3) is 11.1 Å². The molecule has 3 aromatic carbocycles. The van der Waals surface area contributed by atoms with Crippen molar-refractivity contribution < 1.29 is 24.2 Å². The summed E-state index contributed by atoms with van der Waals surface area (Å²) in [6.07, 6.45) is -0.954. The first kappa shape index (κ1) is 28.4. The molecule has 0 radical (unpaired) electrons. The van der Waals surface area contributed by atoms with Crippen LogP contribution in [-0.2, 0) is 20.9 Å². The van der Waals surface area contributed by atoms with Crippen LogP contribution in [-0.4, -0.2) is 71.7 Å². The lowest BCUT2D eigenvalue weighted by Gasteiger charge is -2.27. The molecule has 3 aromatic rings. The third-order valence-electron chi connectivity index (χ3n) is 7.93. The number of fused-ring (bicyclic) bond motifs is 3. The molecule has 1 heterocycles. The Balaban J connectivity index is 1.22. The predicted octanol–water partition coefficient (Wildman–Crippen LogP) is 4.74. The number of hydrogen-bond donors (Lipinski definition) is 2. The van der Waals surface area contributed by atoms with Crippen molar-refractivity contribution in [3.63, 3.8) is 0 Å². The zero-order valence-corrected chi connectivity index (χ0v) is 23.4. The highest BCUT2D eigenvalue weighted by molar-refractivity contribution is 5.86. The normalized spacial score (nSPS) is 17.7. The van der Waals surface area contributed by atoms with E-state index in [1.54, 1.807) is 4.90 Å². The number of alkyl carbamates (subject to hydrolysis) is 1. The summed E-state index contributed by atoms with van der Waals surface area (Å²) in [6, 6.07) is 25.4. The molecule has 214 valence electrons. The fraction of sp³-hybridized carbons (Fsp3) is 0.364. The van der Waals surface area contributed by atoms with Gasteiger partial charge in [-0.2, -0.15) is 0 Å². The molecular weight excluding hydrogens is 518 g/mol. The van der Waals surface area contributed by atoms with Gasteiger partial charge in [-0.25, -0.2) is 4.79 Å². The monoisotopic (exact) mass is 555 g/mol. The molecule has 8 nitrogen and oxygen atoms in total. The van der Waals surface area contributed by atoms with Gasteiger partial charge in [0.15, 0.2) is 0 Å². The zero-order chi connectivity index (χ0) is 28.8. The third-order valence-corrected chi connectivity index (χ3v) is 7.93. The van der Waals surface area contributed by atoms with Crippen LogP contribution in [0.15, 0.2) is 78.9 Å². The van der Waals surface area contributed by atoms with Crippen molar-refractivity contribution in [2.24, 2.45) is 5.92 Å². The number of nitrogens with zero attached hydrogens (tertiary/aromatic N) is 2. The van der Waals surface area contributed by atoms with E-state index in [0.29, 0.717) is 19.6 Å². The van der Waals surface area contributed by atoms with E-state index in [1.165, 1.54) is 5.56 Å². The Morgan fingerprint density at radius 2 is 1.54 bits per heavy atom. The molecule has 0 spiro atoms. The van der Waals surface area contributed by atoms with Gasteiger partial charge >= 0.3 is 12.1 Å². The molecule has 2 atom stereocenters. The van der Waals surface area contributed by atoms with Crippen LogP contribution in [0.2, 0.25) is 0 Å². The van der Waals surface area contributed by atoms with Crippen LogP contribution >= 0.6 is 0 Å². The summed E-state index contributed by atoms with van der Waals surface area (Å²) in [5, 5.41) is 12.0. The Morgan fingerprint density at radius 3 is 2.20 bits per heavy atom. The van der Waals surface area contributed by atoms with E-state index in [-0.39, 0.29) is 37.2 Å². The van der Waals surface area contributed by atoms with E-state index in [4.69, 9.17) is 4.74 Å². The third kappa shape index (κ3) is 6.95. The van der Waals surface area contributed by atoms with Gasteiger partial charge in [0.05, 0.1) is 0 Å². The molecule has 0 bridgehead atoms. The van der Waals surface area contributed by atoms with E-state index in [9.17, 15) is 19.5 Å². The number of rotatable bonds is 9. The molecule has 0 aromatic heterocycles. The van der Waals surface area contributed by atoms with E-state index in [2.05, 4.69) is 41.4 Å². The first-order valence-electron chi connectivity index (χ1n) is 14.3. The Kier molecular flexibility index (Phi) is 8.99. The van der Waals surface area contributed by atoms with Gasteiger partial charge in [-0.05, 0) is 40.2 Å². The molecular formula is C33H37N3O5. The maximum atomic E-state index is 13.6. The minimum absolute atomic E-state index is 0.00300. The standard InChI is InChI=1S/C33H37N3O5/c1-23-19-35(21-24-9-3-2-4-10-24)17-18-36(20-23)32(39)30(15-16-31(37)38)34-33(40)41-22-29-27-13-7-5-11-25(27)26-12-6-8-14-28(26)29/h2-14,23,29-30H,15-22H2,1H3,(H,34,40)(H,37,38). The number of carboxylic acids is 1. The number of ether oxygens (including phenoxy) is 1. The van der Waals surface area contributed by atoms with Crippen LogP contribution in [0.4, 0.5) is 4.79 Å². The van der Waals surface area contributed by atoms with Crippen LogP contribution < -0.4 is 5.32 Å². The predicted molar refractivity (Wildman–Crippen MR) is 156 cm³/mol. The van der Waals surface area contributed by atoms with Crippen molar-refractivity contribution in [3.8, 4) is 11.1 Å². The molecule has 1 saturated heterocycles. The fourth-order valence-electron chi connectivity index (χ4n) is 6.03. The van der Waals surface area contributed by atoms with Gasteiger partial charge in [0.1, 0.15) is 12.6 Å². The van der Waals surface area contributed by atoms with Crippen molar-refractivity contribution in [2.45, 2.75) is 38.3 Å². The molecule has 8 heteroatoms. The average Bonchev–Trinajstić information content (AvgIpc) is 3.17. The summed E-state index contributed by atoms with van der Waals surface area (Å²) in [5.41, 5.74) is 5.67. The lowest BCUT2D eigenvalue weighted by Crippen LogP contribution is -2.50. The van der Waals surface area contributed by atoms with Gasteiger partial charge in [-0.3, -0.25) is 14.5 Å². The van der Waals surface area contributed by atoms with Crippen molar-refractivity contribution >= 4 is 18.0 Å². The number of carboxylic acid groups (broad SMARTS) is 1. The SMILES string of the molecule is CC1CN(Cc2ccccc2)CCN(C(=O)C(CCC(=O)O)NC(=O)OCC2c3ccccc3-c3ccccc32)C1. The van der Waals surface area contributed by atoms with Crippen LogP contribution in [0.3, 0.4) is 0 Å². The largest absolute Gasteiger partial charge is 0.481 e. The van der Waals surface area contributed by atoms with Gasteiger partial charge in [-0.15, -0.1) is 0 Å². The molecule has 1 fully saturated rings. The molecule has 0 saturated carbocycles. The summed E-state index contributed by atoms with van der Waals surface area (Å²) in [7, 11) is 0. The van der Waals surface area contributed by atoms with Gasteiger partial charge in [0.25, 0.3) is 0 Å². The second kappa shape index (κ2) is 13.0. The van der Waals surface area contributed by atoms with Crippen molar-refractivity contribution in [2.75, 3.05) is 32.8 Å². The number of nitrogens with one attached hydrogen (secondary N) is 1. The van der Waals surface area contributed by atoms with Gasteiger partial charge < -0.3 is 20.1 Å². The number of hydrogen-bond acceptors (Lipinski definition) is 5. The summed E-state index contributed by atoms with van der Waals surface area (Å²) in [6.45, 7) is 5.61. The van der Waals surface area contributed by atoms with Crippen LogP contribution in [0, 0.1) is 5.92 Å². The maximum Gasteiger partial charge on any atom is 0.407 e. The molecule has 2 aliphatic rings. The molecule has 2 amide bonds. The number of carbonyl (C=O) groups excluding carboxylic acids is 2. The summed E-state index contributed by atoms with van der Waals surface area (Å²) < 4.78 is 5.67. The van der Waals surface area contributed by atoms with E-state index < -0.39 is 18.1 Å². The highest BCUT2D eigenvalue weighted by Gasteiger charge is 2.32. The van der Waals surface area contributed by atoms with Gasteiger partial charge in [0, 0.05) is 45.1 Å². The van der Waals surface area contributed by atoms with Crippen LogP contribution in [0.1, 0.15) is 42.4 Å². The Morgan fingerprint density at radius 1 is 0.902 bits per heavy atom. The molecule has 2 unspecified atom stereocenters. The smallest absolute Gasteiger partial charge is 0.407 e. The van der Waals surface area contributed by atoms with Crippen molar-refractivity contribution in [1.82, 2.24) is 15.1 Å². The number of carbonyl (C=O) groups is 3. The van der Waals surface area contributed by atoms with Crippen molar-refractivity contribution in [3.05, 3.63) is 95.6 Å². The Hall–Kier alpha value is -4.17. The first-order chi connectivity index (χ1) is 19.9. The van der Waals surface area contributed by atoms with E-state index in [1.807, 2.05) is 54.6 Å². The summed E-state index contributed by atoms with van der Waals surface area (Å²) >= 11 is 0. The van der Waals surface area contributed by atoms with Gasteiger partial charge in [-0.1, -0.05) is 85.8 Å². The number of benzene rings is 3. The number of amides is 2. The number of aliphatic carboxylic acids is 1. The lowest BCUT2D eigenvalue weighted by molar-refractivity contribution is -0.138. The molecule has 2 N–H and O–H groups in total. The lowest BCUT2D eigenvalue weighted by atomic mass is 9.98. The Labute approximate surface area is 240 Å². The fourth-order valence-corrected chi connectivity index (χ4v) is 6.03. The molecule has 41 heavy (non-hydrogen) atoms. The van der Waals surface area contributed by atoms with Gasteiger partial charge in [0.2, 0.25) is 5.91 Å². The van der Waals surface area contributed by atoms with E-state index in [0.717, 1.165) is 35.3 Å². The first-order valence-corrected chi connectivity index (χ1v) is 14.3.